The Hall–Kier alpha value is -2.05. The molecule has 1 fully saturated rings. The molecule has 1 atom stereocenters. The minimum absolute atomic E-state index is 0.133. The van der Waals surface area contributed by atoms with E-state index in [0.717, 1.165) is 25.8 Å². The summed E-state index contributed by atoms with van der Waals surface area (Å²) in [6.45, 7) is 2.64. The quantitative estimate of drug-likeness (QED) is 0.879. The van der Waals surface area contributed by atoms with Crippen LogP contribution in [0.25, 0.3) is 0 Å². The lowest BCUT2D eigenvalue weighted by atomic mass is 10.0. The molecule has 110 valence electrons. The van der Waals surface area contributed by atoms with Crippen molar-refractivity contribution < 1.29 is 14.7 Å². The molecule has 20 heavy (non-hydrogen) atoms. The van der Waals surface area contributed by atoms with Crippen molar-refractivity contribution in [2.24, 2.45) is 0 Å². The van der Waals surface area contributed by atoms with Crippen molar-refractivity contribution >= 4 is 17.7 Å². The number of carboxylic acids is 1. The van der Waals surface area contributed by atoms with E-state index in [1.165, 1.54) is 23.5 Å². The molecule has 1 aliphatic rings. The number of carboxylic acid groups (broad SMARTS) is 1. The van der Waals surface area contributed by atoms with Crippen LogP contribution in [0.3, 0.4) is 0 Å². The van der Waals surface area contributed by atoms with E-state index < -0.39 is 5.97 Å². The summed E-state index contributed by atoms with van der Waals surface area (Å²) in [6.07, 6.45) is 7.18. The highest BCUT2D eigenvalue weighted by Gasteiger charge is 2.25. The average Bonchev–Trinajstić information content (AvgIpc) is 2.85. The summed E-state index contributed by atoms with van der Waals surface area (Å²) >= 11 is 0. The van der Waals surface area contributed by atoms with E-state index in [9.17, 15) is 9.59 Å². The fourth-order valence-corrected chi connectivity index (χ4v) is 2.54. The Kier molecular flexibility index (Phi) is 4.60. The standard InChI is InChI=1S/C13H20N4O3/c1-2-11-5-3-4-6-17(11)13(20)15-10-7-14-16(8-10)9-12(18)19/h7-8,11H,2-6,9H2,1H3,(H,15,20)(H,18,19). The number of piperidine rings is 1. The zero-order chi connectivity index (χ0) is 14.5. The smallest absolute Gasteiger partial charge is 0.325 e. The summed E-state index contributed by atoms with van der Waals surface area (Å²) in [5.74, 6) is -0.965. The number of nitrogens with zero attached hydrogens (tertiary/aromatic N) is 3. The van der Waals surface area contributed by atoms with Crippen LogP contribution in [0.4, 0.5) is 10.5 Å². The van der Waals surface area contributed by atoms with Gasteiger partial charge < -0.3 is 15.3 Å². The summed E-state index contributed by atoms with van der Waals surface area (Å²) in [5, 5.41) is 15.3. The molecule has 1 aromatic heterocycles. The largest absolute Gasteiger partial charge is 0.480 e. The number of amides is 2. The molecular formula is C13H20N4O3. The van der Waals surface area contributed by atoms with Crippen molar-refractivity contribution in [2.75, 3.05) is 11.9 Å². The molecule has 0 aromatic carbocycles. The first-order valence-electron chi connectivity index (χ1n) is 6.92. The molecular weight excluding hydrogens is 260 g/mol. The fourth-order valence-electron chi connectivity index (χ4n) is 2.54. The van der Waals surface area contributed by atoms with Gasteiger partial charge in [0.25, 0.3) is 0 Å². The summed E-state index contributed by atoms with van der Waals surface area (Å²) in [4.78, 5) is 24.7. The van der Waals surface area contributed by atoms with Gasteiger partial charge in [0.1, 0.15) is 6.54 Å². The normalized spacial score (nSPS) is 18.9. The van der Waals surface area contributed by atoms with E-state index in [0.29, 0.717) is 5.69 Å². The van der Waals surface area contributed by atoms with Gasteiger partial charge in [0.15, 0.2) is 0 Å². The maximum atomic E-state index is 12.2. The minimum atomic E-state index is -0.965. The second-order valence-corrected chi connectivity index (χ2v) is 5.00. The zero-order valence-corrected chi connectivity index (χ0v) is 11.6. The Balaban J connectivity index is 1.96. The van der Waals surface area contributed by atoms with Crippen LogP contribution in [0.1, 0.15) is 32.6 Å². The third-order valence-electron chi connectivity index (χ3n) is 3.54. The van der Waals surface area contributed by atoms with Gasteiger partial charge in [0, 0.05) is 18.8 Å². The van der Waals surface area contributed by atoms with Crippen LogP contribution < -0.4 is 5.32 Å². The van der Waals surface area contributed by atoms with Gasteiger partial charge in [-0.25, -0.2) is 4.79 Å². The molecule has 2 heterocycles. The summed E-state index contributed by atoms with van der Waals surface area (Å²) in [7, 11) is 0. The number of anilines is 1. The Morgan fingerprint density at radius 1 is 1.50 bits per heavy atom. The molecule has 0 saturated carbocycles. The van der Waals surface area contributed by atoms with Gasteiger partial charge in [-0.15, -0.1) is 0 Å². The van der Waals surface area contributed by atoms with Crippen LogP contribution in [-0.2, 0) is 11.3 Å². The van der Waals surface area contributed by atoms with Crippen LogP contribution in [0.15, 0.2) is 12.4 Å². The van der Waals surface area contributed by atoms with Crippen LogP contribution >= 0.6 is 0 Å². The van der Waals surface area contributed by atoms with Crippen molar-refractivity contribution in [1.82, 2.24) is 14.7 Å². The highest BCUT2D eigenvalue weighted by molar-refractivity contribution is 5.89. The van der Waals surface area contributed by atoms with Crippen molar-refractivity contribution in [2.45, 2.75) is 45.2 Å². The van der Waals surface area contributed by atoms with Crippen molar-refractivity contribution in [3.63, 3.8) is 0 Å². The molecule has 2 rings (SSSR count). The zero-order valence-electron chi connectivity index (χ0n) is 11.6. The van der Waals surface area contributed by atoms with Gasteiger partial charge in [-0.3, -0.25) is 9.48 Å². The molecule has 0 spiro atoms. The lowest BCUT2D eigenvalue weighted by molar-refractivity contribution is -0.137. The van der Waals surface area contributed by atoms with Crippen LogP contribution in [0.2, 0.25) is 0 Å². The number of nitrogens with one attached hydrogen (secondary N) is 1. The monoisotopic (exact) mass is 280 g/mol. The number of likely N-dealkylation sites (tertiary alicyclic amines) is 1. The number of hydrogen-bond acceptors (Lipinski definition) is 3. The molecule has 7 nitrogen and oxygen atoms in total. The Labute approximate surface area is 117 Å². The molecule has 2 amide bonds. The van der Waals surface area contributed by atoms with E-state index in [2.05, 4.69) is 17.3 Å². The van der Waals surface area contributed by atoms with E-state index in [-0.39, 0.29) is 18.6 Å². The Morgan fingerprint density at radius 2 is 2.30 bits per heavy atom. The molecule has 1 saturated heterocycles. The highest BCUT2D eigenvalue weighted by atomic mass is 16.4. The second-order valence-electron chi connectivity index (χ2n) is 5.00. The first-order valence-corrected chi connectivity index (χ1v) is 6.92. The average molecular weight is 280 g/mol. The Morgan fingerprint density at radius 3 is 3.00 bits per heavy atom. The van der Waals surface area contributed by atoms with E-state index >= 15 is 0 Å². The van der Waals surface area contributed by atoms with Crippen molar-refractivity contribution in [3.05, 3.63) is 12.4 Å². The third-order valence-corrected chi connectivity index (χ3v) is 3.54. The molecule has 2 N–H and O–H groups in total. The number of carbonyl (C=O) groups is 2. The molecule has 0 aliphatic carbocycles. The molecule has 0 radical (unpaired) electrons. The van der Waals surface area contributed by atoms with Gasteiger partial charge in [0.05, 0.1) is 11.9 Å². The van der Waals surface area contributed by atoms with Crippen molar-refractivity contribution in [1.29, 1.82) is 0 Å². The number of rotatable bonds is 4. The number of aliphatic carboxylic acids is 1. The molecule has 1 unspecified atom stereocenters. The maximum absolute atomic E-state index is 12.2. The maximum Gasteiger partial charge on any atom is 0.325 e. The lowest BCUT2D eigenvalue weighted by Crippen LogP contribution is -2.45. The number of urea groups is 1. The first kappa shape index (κ1) is 14.4. The number of aromatic nitrogens is 2. The van der Waals surface area contributed by atoms with Crippen molar-refractivity contribution in [3.8, 4) is 0 Å². The Bertz CT molecular complexity index is 486. The van der Waals surface area contributed by atoms with Gasteiger partial charge in [0.2, 0.25) is 0 Å². The predicted octanol–water partition coefficient (Wildman–Crippen LogP) is 1.76. The second kappa shape index (κ2) is 6.40. The summed E-state index contributed by atoms with van der Waals surface area (Å²) < 4.78 is 1.28. The summed E-state index contributed by atoms with van der Waals surface area (Å²) in [5.41, 5.74) is 0.525. The summed E-state index contributed by atoms with van der Waals surface area (Å²) in [6, 6.07) is 0.157. The molecule has 1 aromatic rings. The fraction of sp³-hybridized carbons (Fsp3) is 0.615. The van der Waals surface area contributed by atoms with Gasteiger partial charge in [-0.05, 0) is 25.7 Å². The van der Waals surface area contributed by atoms with Crippen LogP contribution in [-0.4, -0.2) is 44.4 Å². The lowest BCUT2D eigenvalue weighted by Gasteiger charge is -2.35. The molecule has 7 heteroatoms. The van der Waals surface area contributed by atoms with Gasteiger partial charge >= 0.3 is 12.0 Å². The molecule has 1 aliphatic heterocycles. The number of hydrogen-bond donors (Lipinski definition) is 2. The number of carbonyl (C=O) groups excluding carboxylic acids is 1. The third kappa shape index (κ3) is 3.49. The van der Waals surface area contributed by atoms with E-state index in [4.69, 9.17) is 5.11 Å². The molecule has 0 bridgehead atoms. The predicted molar refractivity (Wildman–Crippen MR) is 73.5 cm³/mol. The van der Waals surface area contributed by atoms with Gasteiger partial charge in [-0.1, -0.05) is 6.92 Å². The topological polar surface area (TPSA) is 87.5 Å². The van der Waals surface area contributed by atoms with Crippen LogP contribution in [0, 0.1) is 0 Å². The van der Waals surface area contributed by atoms with E-state index in [1.54, 1.807) is 0 Å². The first-order chi connectivity index (χ1) is 9.60. The van der Waals surface area contributed by atoms with Crippen LogP contribution in [0.5, 0.6) is 0 Å². The van der Waals surface area contributed by atoms with E-state index in [1.807, 2.05) is 4.90 Å². The SMILES string of the molecule is CCC1CCCCN1C(=O)Nc1cnn(CC(=O)O)c1. The van der Waals surface area contributed by atoms with Gasteiger partial charge in [-0.2, -0.15) is 5.10 Å². The minimum Gasteiger partial charge on any atom is -0.480 e. The highest BCUT2D eigenvalue weighted by Crippen LogP contribution is 2.20.